The van der Waals surface area contributed by atoms with Crippen molar-refractivity contribution in [3.63, 3.8) is 0 Å². The molecule has 0 aromatic heterocycles. The fourth-order valence-electron chi connectivity index (χ4n) is 2.94. The molecule has 1 aliphatic rings. The molecule has 0 aromatic rings. The van der Waals surface area contributed by atoms with Gasteiger partial charge in [-0.1, -0.05) is 39.5 Å². The summed E-state index contributed by atoms with van der Waals surface area (Å²) in [6, 6.07) is 0. The van der Waals surface area contributed by atoms with Crippen molar-refractivity contribution in [1.29, 1.82) is 0 Å². The Labute approximate surface area is 102 Å². The summed E-state index contributed by atoms with van der Waals surface area (Å²) in [5, 5.41) is 3.59. The molecule has 2 heteroatoms. The third kappa shape index (κ3) is 4.42. The molecule has 1 fully saturated rings. The zero-order chi connectivity index (χ0) is 11.9. The molecule has 0 radical (unpaired) electrons. The highest BCUT2D eigenvalue weighted by atomic mass is 15.1. The van der Waals surface area contributed by atoms with Crippen LogP contribution in [0.5, 0.6) is 0 Å². The molecule has 0 spiro atoms. The lowest BCUT2D eigenvalue weighted by Crippen LogP contribution is -2.42. The number of hydrogen-bond acceptors (Lipinski definition) is 2. The summed E-state index contributed by atoms with van der Waals surface area (Å²) in [7, 11) is 2.26. The number of hydrogen-bond donors (Lipinski definition) is 1. The second kappa shape index (κ2) is 7.29. The highest BCUT2D eigenvalue weighted by Gasteiger charge is 2.31. The Morgan fingerprint density at radius 2 is 1.69 bits per heavy atom. The predicted octanol–water partition coefficient (Wildman–Crippen LogP) is 2.89. The lowest BCUT2D eigenvalue weighted by atomic mass is 9.79. The molecule has 2 nitrogen and oxygen atoms in total. The van der Waals surface area contributed by atoms with Gasteiger partial charge in [-0.05, 0) is 38.4 Å². The first-order chi connectivity index (χ1) is 7.72. The molecule has 0 aromatic carbocycles. The highest BCUT2D eigenvalue weighted by molar-refractivity contribution is 4.86. The van der Waals surface area contributed by atoms with Crippen LogP contribution in [0.1, 0.15) is 52.4 Å². The summed E-state index contributed by atoms with van der Waals surface area (Å²) in [6.07, 6.45) is 8.61. The van der Waals surface area contributed by atoms with Crippen LogP contribution in [0.15, 0.2) is 0 Å². The van der Waals surface area contributed by atoms with Crippen molar-refractivity contribution in [3.05, 3.63) is 0 Å². The standard InChI is InChI=1S/C14H30N2/c1-4-15-12-14(13-16(3)5-2)10-8-6-7-9-11-14/h15H,4-13H2,1-3H3. The lowest BCUT2D eigenvalue weighted by molar-refractivity contribution is 0.151. The summed E-state index contributed by atoms with van der Waals surface area (Å²) >= 11 is 0. The number of nitrogens with one attached hydrogen (secondary N) is 1. The first-order valence-corrected chi connectivity index (χ1v) is 7.12. The minimum atomic E-state index is 0.553. The molecule has 0 atom stereocenters. The van der Waals surface area contributed by atoms with Crippen LogP contribution >= 0.6 is 0 Å². The molecule has 0 aliphatic heterocycles. The molecule has 1 N–H and O–H groups in total. The quantitative estimate of drug-likeness (QED) is 0.701. The smallest absolute Gasteiger partial charge is 0.00470 e. The van der Waals surface area contributed by atoms with Crippen molar-refractivity contribution < 1.29 is 0 Å². The lowest BCUT2D eigenvalue weighted by Gasteiger charge is -2.36. The topological polar surface area (TPSA) is 15.3 Å². The SMILES string of the molecule is CCNCC1(CN(C)CC)CCCCCC1. The molecule has 16 heavy (non-hydrogen) atoms. The van der Waals surface area contributed by atoms with Crippen molar-refractivity contribution >= 4 is 0 Å². The molecular formula is C14H30N2. The van der Waals surface area contributed by atoms with E-state index < -0.39 is 0 Å². The summed E-state index contributed by atoms with van der Waals surface area (Å²) in [4.78, 5) is 2.49. The van der Waals surface area contributed by atoms with Crippen LogP contribution in [-0.4, -0.2) is 38.1 Å². The van der Waals surface area contributed by atoms with Gasteiger partial charge in [-0.15, -0.1) is 0 Å². The van der Waals surface area contributed by atoms with Gasteiger partial charge >= 0.3 is 0 Å². The molecular weight excluding hydrogens is 196 g/mol. The van der Waals surface area contributed by atoms with Gasteiger partial charge in [0.25, 0.3) is 0 Å². The van der Waals surface area contributed by atoms with Crippen LogP contribution in [0.25, 0.3) is 0 Å². The van der Waals surface area contributed by atoms with Crippen LogP contribution < -0.4 is 5.32 Å². The maximum absolute atomic E-state index is 3.59. The molecule has 0 heterocycles. The first kappa shape index (κ1) is 14.0. The maximum Gasteiger partial charge on any atom is 0.00470 e. The first-order valence-electron chi connectivity index (χ1n) is 7.12. The Morgan fingerprint density at radius 1 is 1.06 bits per heavy atom. The Hall–Kier alpha value is -0.0800. The molecule has 0 saturated heterocycles. The second-order valence-electron chi connectivity index (χ2n) is 5.52. The largest absolute Gasteiger partial charge is 0.316 e. The average molecular weight is 226 g/mol. The van der Waals surface area contributed by atoms with Gasteiger partial charge in [-0.2, -0.15) is 0 Å². The molecule has 0 bridgehead atoms. The highest BCUT2D eigenvalue weighted by Crippen LogP contribution is 2.35. The molecule has 96 valence electrons. The Bertz CT molecular complexity index is 172. The van der Waals surface area contributed by atoms with E-state index in [0.29, 0.717) is 5.41 Å². The fourth-order valence-corrected chi connectivity index (χ4v) is 2.94. The summed E-state index contributed by atoms with van der Waals surface area (Å²) in [6.45, 7) is 9.25. The normalized spacial score (nSPS) is 21.0. The Kier molecular flexibility index (Phi) is 6.37. The minimum absolute atomic E-state index is 0.553. The fraction of sp³-hybridized carbons (Fsp3) is 1.00. The van der Waals surface area contributed by atoms with E-state index in [-0.39, 0.29) is 0 Å². The van der Waals surface area contributed by atoms with Gasteiger partial charge in [-0.3, -0.25) is 0 Å². The van der Waals surface area contributed by atoms with Gasteiger partial charge in [0.15, 0.2) is 0 Å². The average Bonchev–Trinajstić information content (AvgIpc) is 2.52. The van der Waals surface area contributed by atoms with Crippen LogP contribution in [0.3, 0.4) is 0 Å². The zero-order valence-corrected chi connectivity index (χ0v) is 11.5. The number of nitrogens with zero attached hydrogens (tertiary/aromatic N) is 1. The van der Waals surface area contributed by atoms with E-state index >= 15 is 0 Å². The van der Waals surface area contributed by atoms with Crippen molar-refractivity contribution in [2.75, 3.05) is 33.2 Å². The van der Waals surface area contributed by atoms with Crippen LogP contribution in [-0.2, 0) is 0 Å². The minimum Gasteiger partial charge on any atom is -0.316 e. The Balaban J connectivity index is 2.57. The van der Waals surface area contributed by atoms with Gasteiger partial charge in [-0.25, -0.2) is 0 Å². The monoisotopic (exact) mass is 226 g/mol. The third-order valence-electron chi connectivity index (χ3n) is 4.06. The van der Waals surface area contributed by atoms with Crippen molar-refractivity contribution in [1.82, 2.24) is 10.2 Å². The van der Waals surface area contributed by atoms with Gasteiger partial charge < -0.3 is 10.2 Å². The Morgan fingerprint density at radius 3 is 2.19 bits per heavy atom. The molecule has 0 amide bonds. The van der Waals surface area contributed by atoms with E-state index in [9.17, 15) is 0 Å². The summed E-state index contributed by atoms with van der Waals surface area (Å²) in [5.41, 5.74) is 0.553. The zero-order valence-electron chi connectivity index (χ0n) is 11.5. The van der Waals surface area contributed by atoms with Crippen LogP contribution in [0, 0.1) is 5.41 Å². The van der Waals surface area contributed by atoms with Crippen molar-refractivity contribution in [2.24, 2.45) is 5.41 Å². The number of rotatable bonds is 6. The van der Waals surface area contributed by atoms with Gasteiger partial charge in [0.05, 0.1) is 0 Å². The van der Waals surface area contributed by atoms with Gasteiger partial charge in [0, 0.05) is 13.1 Å². The van der Waals surface area contributed by atoms with E-state index in [1.165, 1.54) is 58.2 Å². The third-order valence-corrected chi connectivity index (χ3v) is 4.06. The van der Waals surface area contributed by atoms with Crippen LogP contribution in [0.4, 0.5) is 0 Å². The second-order valence-corrected chi connectivity index (χ2v) is 5.52. The molecule has 1 saturated carbocycles. The van der Waals surface area contributed by atoms with E-state index in [1.54, 1.807) is 0 Å². The van der Waals surface area contributed by atoms with Crippen molar-refractivity contribution in [3.8, 4) is 0 Å². The van der Waals surface area contributed by atoms with Crippen molar-refractivity contribution in [2.45, 2.75) is 52.4 Å². The predicted molar refractivity (Wildman–Crippen MR) is 71.8 cm³/mol. The maximum atomic E-state index is 3.59. The molecule has 1 aliphatic carbocycles. The molecule has 0 unspecified atom stereocenters. The van der Waals surface area contributed by atoms with E-state index in [1.807, 2.05) is 0 Å². The van der Waals surface area contributed by atoms with E-state index in [2.05, 4.69) is 31.1 Å². The van der Waals surface area contributed by atoms with E-state index in [4.69, 9.17) is 0 Å². The van der Waals surface area contributed by atoms with Crippen LogP contribution in [0.2, 0.25) is 0 Å². The molecule has 1 rings (SSSR count). The van der Waals surface area contributed by atoms with Gasteiger partial charge in [0.1, 0.15) is 0 Å². The van der Waals surface area contributed by atoms with E-state index in [0.717, 1.165) is 6.54 Å². The van der Waals surface area contributed by atoms with Gasteiger partial charge in [0.2, 0.25) is 0 Å². The summed E-state index contributed by atoms with van der Waals surface area (Å²) < 4.78 is 0. The summed E-state index contributed by atoms with van der Waals surface area (Å²) in [5.74, 6) is 0.